The number of carbonyl (C=O) groups is 2. The predicted molar refractivity (Wildman–Crippen MR) is 83.7 cm³/mol. The summed E-state index contributed by atoms with van der Waals surface area (Å²) in [6.45, 7) is 9.80. The minimum Gasteiger partial charge on any atom is -0.464 e. The molecule has 1 N–H and O–H groups in total. The first-order chi connectivity index (χ1) is 10.5. The van der Waals surface area contributed by atoms with E-state index in [9.17, 15) is 9.59 Å². The molecule has 22 heavy (non-hydrogen) atoms. The summed E-state index contributed by atoms with van der Waals surface area (Å²) in [4.78, 5) is 28.0. The predicted octanol–water partition coefficient (Wildman–Crippen LogP) is 0.690. The van der Waals surface area contributed by atoms with E-state index in [1.54, 1.807) is 18.9 Å². The average Bonchev–Trinajstić information content (AvgIpc) is 2.51. The van der Waals surface area contributed by atoms with Gasteiger partial charge in [0.05, 0.1) is 19.8 Å². The van der Waals surface area contributed by atoms with Crippen molar-refractivity contribution >= 4 is 12.0 Å². The highest BCUT2D eigenvalue weighted by molar-refractivity contribution is 5.83. The number of nitrogens with zero attached hydrogens (tertiary/aromatic N) is 2. The molecule has 1 unspecified atom stereocenters. The Morgan fingerprint density at radius 3 is 2.50 bits per heavy atom. The van der Waals surface area contributed by atoms with Crippen LogP contribution in [0.2, 0.25) is 0 Å². The fraction of sp³-hybridized carbons (Fsp3) is 0.867. The third-order valence-electron chi connectivity index (χ3n) is 3.80. The Hall–Kier alpha value is -1.34. The van der Waals surface area contributed by atoms with E-state index < -0.39 is 6.04 Å². The van der Waals surface area contributed by atoms with Crippen molar-refractivity contribution in [3.8, 4) is 0 Å². The highest BCUT2D eigenvalue weighted by Gasteiger charge is 2.25. The van der Waals surface area contributed by atoms with Gasteiger partial charge in [-0.25, -0.2) is 9.59 Å². The van der Waals surface area contributed by atoms with Crippen LogP contribution in [-0.4, -0.2) is 80.4 Å². The van der Waals surface area contributed by atoms with Gasteiger partial charge in [-0.15, -0.1) is 0 Å². The molecule has 1 aliphatic heterocycles. The lowest BCUT2D eigenvalue weighted by atomic mass is 10.2. The van der Waals surface area contributed by atoms with Crippen LogP contribution in [0.3, 0.4) is 0 Å². The van der Waals surface area contributed by atoms with Crippen molar-refractivity contribution in [2.24, 2.45) is 0 Å². The van der Waals surface area contributed by atoms with Gasteiger partial charge in [0, 0.05) is 32.7 Å². The van der Waals surface area contributed by atoms with Crippen molar-refractivity contribution in [2.75, 3.05) is 46.5 Å². The molecule has 0 aromatic heterocycles. The van der Waals surface area contributed by atoms with Gasteiger partial charge < -0.3 is 19.7 Å². The SMILES string of the molecule is CCOC(=O)C(CCN1CCOCC1)NC(=O)N(C)C(C)C. The fourth-order valence-corrected chi connectivity index (χ4v) is 2.11. The summed E-state index contributed by atoms with van der Waals surface area (Å²) >= 11 is 0. The van der Waals surface area contributed by atoms with Crippen molar-refractivity contribution in [3.05, 3.63) is 0 Å². The first-order valence-corrected chi connectivity index (χ1v) is 7.95. The average molecular weight is 315 g/mol. The lowest BCUT2D eigenvalue weighted by Gasteiger charge is -2.29. The molecule has 0 radical (unpaired) electrons. The molecule has 0 aliphatic carbocycles. The third-order valence-corrected chi connectivity index (χ3v) is 3.80. The van der Waals surface area contributed by atoms with Crippen LogP contribution in [0, 0.1) is 0 Å². The van der Waals surface area contributed by atoms with E-state index in [-0.39, 0.29) is 18.0 Å². The lowest BCUT2D eigenvalue weighted by Crippen LogP contribution is -2.50. The van der Waals surface area contributed by atoms with Crippen LogP contribution in [0.1, 0.15) is 27.2 Å². The number of hydrogen-bond acceptors (Lipinski definition) is 5. The molecule has 0 aromatic carbocycles. The second kappa shape index (κ2) is 9.63. The van der Waals surface area contributed by atoms with Crippen LogP contribution in [0.25, 0.3) is 0 Å². The zero-order chi connectivity index (χ0) is 16.5. The van der Waals surface area contributed by atoms with Gasteiger partial charge in [0.2, 0.25) is 0 Å². The molecule has 7 nitrogen and oxygen atoms in total. The van der Waals surface area contributed by atoms with Crippen LogP contribution in [0.5, 0.6) is 0 Å². The fourth-order valence-electron chi connectivity index (χ4n) is 2.11. The van der Waals surface area contributed by atoms with E-state index >= 15 is 0 Å². The molecular weight excluding hydrogens is 286 g/mol. The van der Waals surface area contributed by atoms with E-state index in [0.717, 1.165) is 19.6 Å². The van der Waals surface area contributed by atoms with Crippen LogP contribution in [0.4, 0.5) is 4.79 Å². The molecule has 0 saturated carbocycles. The third kappa shape index (κ3) is 6.19. The molecule has 1 saturated heterocycles. The molecule has 0 spiro atoms. The molecule has 2 amide bonds. The van der Waals surface area contributed by atoms with E-state index in [4.69, 9.17) is 9.47 Å². The topological polar surface area (TPSA) is 71.1 Å². The van der Waals surface area contributed by atoms with E-state index in [0.29, 0.717) is 26.2 Å². The Balaban J connectivity index is 2.55. The second-order valence-corrected chi connectivity index (χ2v) is 5.70. The Morgan fingerprint density at radius 2 is 1.95 bits per heavy atom. The number of amides is 2. The summed E-state index contributed by atoms with van der Waals surface area (Å²) in [5.74, 6) is -0.374. The molecule has 1 fully saturated rings. The standard InChI is InChI=1S/C15H29N3O4/c1-5-22-14(19)13(16-15(20)17(4)12(2)3)6-7-18-8-10-21-11-9-18/h12-13H,5-11H2,1-4H3,(H,16,20). The van der Waals surface area contributed by atoms with Gasteiger partial charge in [-0.2, -0.15) is 0 Å². The first kappa shape index (κ1) is 18.7. The molecule has 1 atom stereocenters. The summed E-state index contributed by atoms with van der Waals surface area (Å²) in [6, 6.07) is -0.798. The monoisotopic (exact) mass is 315 g/mol. The van der Waals surface area contributed by atoms with Gasteiger partial charge in [0.15, 0.2) is 0 Å². The van der Waals surface area contributed by atoms with Crippen molar-refractivity contribution in [3.63, 3.8) is 0 Å². The Labute approximate surface area is 132 Å². The Morgan fingerprint density at radius 1 is 1.32 bits per heavy atom. The number of esters is 1. The van der Waals surface area contributed by atoms with Crippen molar-refractivity contribution < 1.29 is 19.1 Å². The molecule has 1 rings (SSSR count). The molecule has 1 heterocycles. The summed E-state index contributed by atoms with van der Waals surface area (Å²) < 4.78 is 10.4. The number of morpholine rings is 1. The van der Waals surface area contributed by atoms with Crippen molar-refractivity contribution in [1.82, 2.24) is 15.1 Å². The summed E-state index contributed by atoms with van der Waals surface area (Å²) in [5.41, 5.74) is 0. The molecule has 0 bridgehead atoms. The number of ether oxygens (including phenoxy) is 2. The normalized spacial score (nSPS) is 17.1. The van der Waals surface area contributed by atoms with Crippen LogP contribution >= 0.6 is 0 Å². The minimum atomic E-state index is -0.614. The largest absolute Gasteiger partial charge is 0.464 e. The van der Waals surface area contributed by atoms with Gasteiger partial charge in [-0.1, -0.05) is 0 Å². The zero-order valence-corrected chi connectivity index (χ0v) is 14.1. The maximum atomic E-state index is 12.1. The maximum Gasteiger partial charge on any atom is 0.328 e. The van der Waals surface area contributed by atoms with Gasteiger partial charge in [0.1, 0.15) is 6.04 Å². The molecule has 128 valence electrons. The molecule has 1 aliphatic rings. The smallest absolute Gasteiger partial charge is 0.328 e. The van der Waals surface area contributed by atoms with Gasteiger partial charge in [-0.3, -0.25) is 4.90 Å². The Bertz CT molecular complexity index is 357. The number of urea groups is 1. The first-order valence-electron chi connectivity index (χ1n) is 7.95. The molecule has 7 heteroatoms. The highest BCUT2D eigenvalue weighted by atomic mass is 16.5. The van der Waals surface area contributed by atoms with E-state index in [2.05, 4.69) is 10.2 Å². The summed E-state index contributed by atoms with van der Waals surface area (Å²) in [5, 5.41) is 2.78. The number of hydrogen-bond donors (Lipinski definition) is 1. The van der Waals surface area contributed by atoms with Crippen molar-refractivity contribution in [1.29, 1.82) is 0 Å². The quantitative estimate of drug-likeness (QED) is 0.700. The maximum absolute atomic E-state index is 12.1. The van der Waals surface area contributed by atoms with Gasteiger partial charge in [0.25, 0.3) is 0 Å². The van der Waals surface area contributed by atoms with Crippen LogP contribution in [0.15, 0.2) is 0 Å². The van der Waals surface area contributed by atoms with Gasteiger partial charge in [-0.05, 0) is 27.2 Å². The number of nitrogens with one attached hydrogen (secondary N) is 1. The van der Waals surface area contributed by atoms with Crippen molar-refractivity contribution in [2.45, 2.75) is 39.3 Å². The number of rotatable bonds is 7. The van der Waals surface area contributed by atoms with Crippen LogP contribution in [-0.2, 0) is 14.3 Å². The van der Waals surface area contributed by atoms with E-state index in [1.165, 1.54) is 0 Å². The molecule has 0 aromatic rings. The second-order valence-electron chi connectivity index (χ2n) is 5.70. The van der Waals surface area contributed by atoms with Crippen LogP contribution < -0.4 is 5.32 Å². The van der Waals surface area contributed by atoms with Gasteiger partial charge >= 0.3 is 12.0 Å². The van der Waals surface area contributed by atoms with E-state index in [1.807, 2.05) is 13.8 Å². The highest BCUT2D eigenvalue weighted by Crippen LogP contribution is 2.04. The lowest BCUT2D eigenvalue weighted by molar-refractivity contribution is -0.145. The number of carbonyl (C=O) groups excluding carboxylic acids is 2. The molecular formula is C15H29N3O4. The minimum absolute atomic E-state index is 0.0714. The summed E-state index contributed by atoms with van der Waals surface area (Å²) in [7, 11) is 1.71. The Kier molecular flexibility index (Phi) is 8.19. The zero-order valence-electron chi connectivity index (χ0n) is 14.1. The summed E-state index contributed by atoms with van der Waals surface area (Å²) in [6.07, 6.45) is 0.538.